The van der Waals surface area contributed by atoms with E-state index >= 15 is 0 Å². The van der Waals surface area contributed by atoms with Crippen LogP contribution in [0.25, 0.3) is 0 Å². The Hall–Kier alpha value is -1.01. The highest BCUT2D eigenvalue weighted by Crippen LogP contribution is 2.23. The van der Waals surface area contributed by atoms with Gasteiger partial charge < -0.3 is 20.1 Å². The van der Waals surface area contributed by atoms with Gasteiger partial charge in [-0.2, -0.15) is 0 Å². The molecule has 0 radical (unpaired) electrons. The van der Waals surface area contributed by atoms with Crippen LogP contribution in [0.2, 0.25) is 10.0 Å². The van der Waals surface area contributed by atoms with E-state index in [1.807, 2.05) is 0 Å². The Morgan fingerprint density at radius 1 is 1.48 bits per heavy atom. The van der Waals surface area contributed by atoms with Gasteiger partial charge in [0, 0.05) is 22.3 Å². The van der Waals surface area contributed by atoms with Crippen molar-refractivity contribution in [3.8, 4) is 0 Å². The van der Waals surface area contributed by atoms with E-state index in [-0.39, 0.29) is 12.1 Å². The van der Waals surface area contributed by atoms with E-state index in [1.54, 1.807) is 30.0 Å². The molecule has 7 heteroatoms. The van der Waals surface area contributed by atoms with Crippen molar-refractivity contribution in [2.45, 2.75) is 25.5 Å². The molecule has 21 heavy (non-hydrogen) atoms. The molecular weight excluding hydrogens is 315 g/mol. The SMILES string of the molecule is C[C@@H](O)C[C@@H]1COCCN1C(=O)Nc1cc(Cl)cc(Cl)c1. The fourth-order valence-corrected chi connectivity index (χ4v) is 2.86. The lowest BCUT2D eigenvalue weighted by Gasteiger charge is -2.36. The van der Waals surface area contributed by atoms with Gasteiger partial charge in [0.25, 0.3) is 0 Å². The van der Waals surface area contributed by atoms with Gasteiger partial charge in [-0.05, 0) is 31.5 Å². The minimum Gasteiger partial charge on any atom is -0.393 e. The summed E-state index contributed by atoms with van der Waals surface area (Å²) < 4.78 is 5.38. The quantitative estimate of drug-likeness (QED) is 0.894. The second kappa shape index (κ2) is 7.31. The first-order valence-corrected chi connectivity index (χ1v) is 7.51. The third kappa shape index (κ3) is 4.74. The molecule has 0 unspecified atom stereocenters. The first-order valence-electron chi connectivity index (χ1n) is 6.75. The minimum absolute atomic E-state index is 0.145. The summed E-state index contributed by atoms with van der Waals surface area (Å²) in [6.07, 6.45) is -0.0170. The van der Waals surface area contributed by atoms with Crippen LogP contribution >= 0.6 is 23.2 Å². The Morgan fingerprint density at radius 3 is 2.76 bits per heavy atom. The molecule has 5 nitrogen and oxygen atoms in total. The summed E-state index contributed by atoms with van der Waals surface area (Å²) in [5.41, 5.74) is 0.541. The Kier molecular flexibility index (Phi) is 5.70. The zero-order chi connectivity index (χ0) is 15.4. The van der Waals surface area contributed by atoms with Crippen molar-refractivity contribution >= 4 is 34.9 Å². The maximum absolute atomic E-state index is 12.4. The molecule has 1 fully saturated rings. The molecule has 2 atom stereocenters. The molecule has 1 heterocycles. The molecule has 1 aliphatic rings. The van der Waals surface area contributed by atoms with E-state index in [0.717, 1.165) is 0 Å². The van der Waals surface area contributed by atoms with Gasteiger partial charge in [-0.1, -0.05) is 23.2 Å². The summed E-state index contributed by atoms with van der Waals surface area (Å²) in [5, 5.41) is 13.2. The standard InChI is InChI=1S/C14H18Cl2N2O3/c1-9(19)4-13-8-21-3-2-18(13)14(20)17-12-6-10(15)5-11(16)7-12/h5-7,9,13,19H,2-4,8H2,1H3,(H,17,20)/t9-,13-/m1/s1. The maximum Gasteiger partial charge on any atom is 0.322 e. The number of rotatable bonds is 3. The number of morpholine rings is 1. The van der Waals surface area contributed by atoms with E-state index in [2.05, 4.69) is 5.32 Å². The highest BCUT2D eigenvalue weighted by molar-refractivity contribution is 6.35. The number of ether oxygens (including phenoxy) is 1. The molecule has 0 bridgehead atoms. The van der Waals surface area contributed by atoms with Gasteiger partial charge in [0.2, 0.25) is 0 Å². The normalized spacial score (nSPS) is 20.2. The third-order valence-corrected chi connectivity index (χ3v) is 3.65. The first kappa shape index (κ1) is 16.4. The van der Waals surface area contributed by atoms with E-state index < -0.39 is 6.10 Å². The van der Waals surface area contributed by atoms with Crippen LogP contribution in [0, 0.1) is 0 Å². The van der Waals surface area contributed by atoms with Gasteiger partial charge in [0.05, 0.1) is 25.4 Å². The van der Waals surface area contributed by atoms with Crippen molar-refractivity contribution in [1.29, 1.82) is 0 Å². The number of nitrogens with zero attached hydrogens (tertiary/aromatic N) is 1. The lowest BCUT2D eigenvalue weighted by atomic mass is 10.1. The summed E-state index contributed by atoms with van der Waals surface area (Å²) in [7, 11) is 0. The van der Waals surface area contributed by atoms with Gasteiger partial charge in [0.15, 0.2) is 0 Å². The Morgan fingerprint density at radius 2 is 2.14 bits per heavy atom. The predicted molar refractivity (Wildman–Crippen MR) is 83.1 cm³/mol. The van der Waals surface area contributed by atoms with Crippen molar-refractivity contribution in [1.82, 2.24) is 4.90 Å². The van der Waals surface area contributed by atoms with Crippen molar-refractivity contribution in [3.63, 3.8) is 0 Å². The van der Waals surface area contributed by atoms with Crippen LogP contribution in [-0.4, -0.2) is 47.9 Å². The second-order valence-corrected chi connectivity index (χ2v) is 5.97. The van der Waals surface area contributed by atoms with E-state index in [1.165, 1.54) is 0 Å². The zero-order valence-corrected chi connectivity index (χ0v) is 13.2. The van der Waals surface area contributed by atoms with Gasteiger partial charge in [-0.25, -0.2) is 4.79 Å². The average molecular weight is 333 g/mol. The highest BCUT2D eigenvalue weighted by atomic mass is 35.5. The molecule has 1 saturated heterocycles. The fourth-order valence-electron chi connectivity index (χ4n) is 2.33. The molecule has 0 aliphatic carbocycles. The Bertz CT molecular complexity index is 491. The molecule has 1 aromatic rings. The van der Waals surface area contributed by atoms with Crippen LogP contribution in [0.4, 0.5) is 10.5 Å². The predicted octanol–water partition coefficient (Wildman–Crippen LogP) is 3.00. The summed E-state index contributed by atoms with van der Waals surface area (Å²) in [5.74, 6) is 0. The summed E-state index contributed by atoms with van der Waals surface area (Å²) in [4.78, 5) is 14.0. The third-order valence-electron chi connectivity index (χ3n) is 3.22. The maximum atomic E-state index is 12.4. The van der Waals surface area contributed by atoms with Crippen LogP contribution in [0.5, 0.6) is 0 Å². The van der Waals surface area contributed by atoms with Crippen LogP contribution in [0.15, 0.2) is 18.2 Å². The zero-order valence-electron chi connectivity index (χ0n) is 11.7. The van der Waals surface area contributed by atoms with E-state index in [4.69, 9.17) is 27.9 Å². The van der Waals surface area contributed by atoms with Gasteiger partial charge >= 0.3 is 6.03 Å². The molecule has 0 spiro atoms. The first-order chi connectivity index (χ1) is 9.95. The average Bonchev–Trinajstić information content (AvgIpc) is 2.37. The number of hydrogen-bond acceptors (Lipinski definition) is 3. The monoisotopic (exact) mass is 332 g/mol. The number of urea groups is 1. The minimum atomic E-state index is -0.493. The van der Waals surface area contributed by atoms with Crippen LogP contribution in [0.1, 0.15) is 13.3 Å². The van der Waals surface area contributed by atoms with Gasteiger partial charge in [0.1, 0.15) is 0 Å². The molecule has 2 N–H and O–H groups in total. The number of carbonyl (C=O) groups is 1. The molecule has 2 rings (SSSR count). The summed E-state index contributed by atoms with van der Waals surface area (Å²) in [6, 6.07) is 4.48. The molecule has 0 aromatic heterocycles. The summed E-state index contributed by atoms with van der Waals surface area (Å²) in [6.45, 7) is 3.09. The van der Waals surface area contributed by atoms with Crippen LogP contribution < -0.4 is 5.32 Å². The number of benzene rings is 1. The van der Waals surface area contributed by atoms with Crippen molar-refractivity contribution in [2.75, 3.05) is 25.1 Å². The molecule has 2 amide bonds. The largest absolute Gasteiger partial charge is 0.393 e. The van der Waals surface area contributed by atoms with E-state index in [9.17, 15) is 9.90 Å². The number of aliphatic hydroxyl groups is 1. The lowest BCUT2D eigenvalue weighted by molar-refractivity contribution is -0.00160. The number of aliphatic hydroxyl groups excluding tert-OH is 1. The number of carbonyl (C=O) groups excluding carboxylic acids is 1. The fraction of sp³-hybridized carbons (Fsp3) is 0.500. The topological polar surface area (TPSA) is 61.8 Å². The Labute approximate surface area is 133 Å². The van der Waals surface area contributed by atoms with Crippen LogP contribution in [-0.2, 0) is 4.74 Å². The van der Waals surface area contributed by atoms with Crippen molar-refractivity contribution in [2.24, 2.45) is 0 Å². The molecule has 116 valence electrons. The smallest absolute Gasteiger partial charge is 0.322 e. The van der Waals surface area contributed by atoms with Crippen molar-refractivity contribution < 1.29 is 14.6 Å². The molecule has 0 saturated carbocycles. The second-order valence-electron chi connectivity index (χ2n) is 5.10. The highest BCUT2D eigenvalue weighted by Gasteiger charge is 2.28. The number of amides is 2. The Balaban J connectivity index is 2.06. The number of anilines is 1. The van der Waals surface area contributed by atoms with E-state index in [0.29, 0.717) is 41.9 Å². The molecule has 1 aromatic carbocycles. The number of nitrogens with one attached hydrogen (secondary N) is 1. The molecular formula is C14H18Cl2N2O3. The molecule has 1 aliphatic heterocycles. The van der Waals surface area contributed by atoms with Gasteiger partial charge in [-0.3, -0.25) is 0 Å². The van der Waals surface area contributed by atoms with Crippen LogP contribution in [0.3, 0.4) is 0 Å². The number of halogens is 2. The lowest BCUT2D eigenvalue weighted by Crippen LogP contribution is -2.51. The summed E-state index contributed by atoms with van der Waals surface area (Å²) >= 11 is 11.8. The van der Waals surface area contributed by atoms with Gasteiger partial charge in [-0.15, -0.1) is 0 Å². The number of hydrogen-bond donors (Lipinski definition) is 2. The van der Waals surface area contributed by atoms with Crippen molar-refractivity contribution in [3.05, 3.63) is 28.2 Å².